The molecule has 122 valence electrons. The number of nitrogens with zero attached hydrogens (tertiary/aromatic N) is 1. The van der Waals surface area contributed by atoms with Crippen LogP contribution in [0.25, 0.3) is 0 Å². The number of urea groups is 2. The van der Waals surface area contributed by atoms with E-state index in [2.05, 4.69) is 16.0 Å². The van der Waals surface area contributed by atoms with Crippen molar-refractivity contribution in [3.8, 4) is 0 Å². The van der Waals surface area contributed by atoms with Gasteiger partial charge in [-0.25, -0.2) is 9.59 Å². The highest BCUT2D eigenvalue weighted by Gasteiger charge is 2.52. The molecule has 0 bridgehead atoms. The van der Waals surface area contributed by atoms with Gasteiger partial charge >= 0.3 is 12.1 Å². The summed E-state index contributed by atoms with van der Waals surface area (Å²) in [5.74, 6) is -1.05. The summed E-state index contributed by atoms with van der Waals surface area (Å²) in [6.07, 6.45) is 3.69. The van der Waals surface area contributed by atoms with Crippen molar-refractivity contribution < 1.29 is 19.2 Å². The molecule has 3 N–H and O–H groups in total. The van der Waals surface area contributed by atoms with Crippen LogP contribution in [-0.2, 0) is 9.59 Å². The fraction of sp³-hybridized carbons (Fsp3) is 0.714. The summed E-state index contributed by atoms with van der Waals surface area (Å²) in [7, 11) is 0. The van der Waals surface area contributed by atoms with Crippen LogP contribution in [0, 0.1) is 0 Å². The summed E-state index contributed by atoms with van der Waals surface area (Å²) >= 11 is 0. The lowest BCUT2D eigenvalue weighted by atomic mass is 9.98. The zero-order valence-electron chi connectivity index (χ0n) is 12.9. The van der Waals surface area contributed by atoms with E-state index in [1.807, 2.05) is 13.8 Å². The second-order valence-electron chi connectivity index (χ2n) is 5.94. The number of carbonyl (C=O) groups excluding carboxylic acids is 4. The predicted octanol–water partition coefficient (Wildman–Crippen LogP) is 0.475. The molecule has 1 saturated carbocycles. The molecular formula is C14H22N4O4. The third-order valence-corrected chi connectivity index (χ3v) is 4.25. The number of amides is 6. The molecular weight excluding hydrogens is 288 g/mol. The molecule has 1 saturated heterocycles. The van der Waals surface area contributed by atoms with Gasteiger partial charge in [-0.15, -0.1) is 0 Å². The molecule has 8 heteroatoms. The van der Waals surface area contributed by atoms with Crippen LogP contribution in [0.1, 0.15) is 46.0 Å². The Morgan fingerprint density at radius 3 is 2.55 bits per heavy atom. The zero-order valence-corrected chi connectivity index (χ0v) is 12.9. The molecule has 8 nitrogen and oxygen atoms in total. The first kappa shape index (κ1) is 16.3. The third-order valence-electron chi connectivity index (χ3n) is 4.25. The largest absolute Gasteiger partial charge is 0.335 e. The maximum atomic E-state index is 12.3. The van der Waals surface area contributed by atoms with E-state index in [0.717, 1.165) is 24.2 Å². The van der Waals surface area contributed by atoms with Crippen LogP contribution in [-0.4, -0.2) is 46.9 Å². The molecule has 22 heavy (non-hydrogen) atoms. The fourth-order valence-electron chi connectivity index (χ4n) is 2.81. The van der Waals surface area contributed by atoms with E-state index in [0.29, 0.717) is 12.8 Å². The smallest absolute Gasteiger partial charge is 0.325 e. The highest BCUT2D eigenvalue weighted by Crippen LogP contribution is 2.34. The van der Waals surface area contributed by atoms with Crippen LogP contribution in [0.3, 0.4) is 0 Å². The molecule has 1 aliphatic heterocycles. The topological polar surface area (TPSA) is 108 Å². The van der Waals surface area contributed by atoms with Gasteiger partial charge in [-0.2, -0.15) is 0 Å². The quantitative estimate of drug-likeness (QED) is 0.656. The highest BCUT2D eigenvalue weighted by molar-refractivity contribution is 6.10. The molecule has 1 atom stereocenters. The molecule has 1 spiro atoms. The van der Waals surface area contributed by atoms with Crippen LogP contribution >= 0.6 is 0 Å². The summed E-state index contributed by atoms with van der Waals surface area (Å²) in [4.78, 5) is 48.5. The Kier molecular flexibility index (Phi) is 4.68. The van der Waals surface area contributed by atoms with Gasteiger partial charge in [0.15, 0.2) is 0 Å². The minimum Gasteiger partial charge on any atom is -0.335 e. The fourth-order valence-corrected chi connectivity index (χ4v) is 2.81. The second-order valence-corrected chi connectivity index (χ2v) is 5.94. The summed E-state index contributed by atoms with van der Waals surface area (Å²) < 4.78 is 0. The van der Waals surface area contributed by atoms with Crippen molar-refractivity contribution in [3.63, 3.8) is 0 Å². The van der Waals surface area contributed by atoms with Gasteiger partial charge in [0.05, 0.1) is 0 Å². The zero-order chi connectivity index (χ0) is 16.3. The van der Waals surface area contributed by atoms with Crippen molar-refractivity contribution in [1.29, 1.82) is 0 Å². The first-order valence-corrected chi connectivity index (χ1v) is 7.62. The summed E-state index contributed by atoms with van der Waals surface area (Å²) in [5.41, 5.74) is -0.837. The van der Waals surface area contributed by atoms with E-state index in [4.69, 9.17) is 0 Å². The molecule has 1 heterocycles. The van der Waals surface area contributed by atoms with Crippen LogP contribution in [0.2, 0.25) is 0 Å². The van der Waals surface area contributed by atoms with Crippen LogP contribution in [0.5, 0.6) is 0 Å². The first-order chi connectivity index (χ1) is 10.4. The van der Waals surface area contributed by atoms with E-state index in [-0.39, 0.29) is 11.9 Å². The van der Waals surface area contributed by atoms with Gasteiger partial charge in [0.25, 0.3) is 5.91 Å². The van der Waals surface area contributed by atoms with Crippen molar-refractivity contribution in [2.24, 2.45) is 0 Å². The van der Waals surface area contributed by atoms with Crippen molar-refractivity contribution in [1.82, 2.24) is 20.9 Å². The summed E-state index contributed by atoms with van der Waals surface area (Å²) in [5, 5.41) is 7.40. The molecule has 2 aliphatic rings. The van der Waals surface area contributed by atoms with Crippen molar-refractivity contribution >= 4 is 23.9 Å². The van der Waals surface area contributed by atoms with Crippen molar-refractivity contribution in [3.05, 3.63) is 0 Å². The normalized spacial score (nSPS) is 20.9. The minimum absolute atomic E-state index is 0.0636. The van der Waals surface area contributed by atoms with Crippen molar-refractivity contribution in [2.75, 3.05) is 6.54 Å². The number of carbonyl (C=O) groups is 4. The molecule has 0 aromatic heterocycles. The van der Waals surface area contributed by atoms with Gasteiger partial charge in [0.1, 0.15) is 12.1 Å². The number of hydrogen-bond acceptors (Lipinski definition) is 4. The predicted molar refractivity (Wildman–Crippen MR) is 77.9 cm³/mol. The minimum atomic E-state index is -0.837. The average Bonchev–Trinajstić information content (AvgIpc) is 3.00. The molecule has 2 fully saturated rings. The molecule has 6 amide bonds. The van der Waals surface area contributed by atoms with E-state index in [1.54, 1.807) is 0 Å². The summed E-state index contributed by atoms with van der Waals surface area (Å²) in [6.45, 7) is 3.27. The number of imide groups is 2. The van der Waals surface area contributed by atoms with Gasteiger partial charge in [-0.1, -0.05) is 19.8 Å². The van der Waals surface area contributed by atoms with E-state index >= 15 is 0 Å². The van der Waals surface area contributed by atoms with Gasteiger partial charge in [0, 0.05) is 6.04 Å². The maximum absolute atomic E-state index is 12.3. The monoisotopic (exact) mass is 310 g/mol. The lowest BCUT2D eigenvalue weighted by Crippen LogP contribution is -2.48. The van der Waals surface area contributed by atoms with Gasteiger partial charge in [-0.05, 0) is 26.2 Å². The van der Waals surface area contributed by atoms with Gasteiger partial charge in [-0.3, -0.25) is 19.8 Å². The lowest BCUT2D eigenvalue weighted by Gasteiger charge is -2.19. The number of nitrogens with one attached hydrogen (secondary N) is 3. The Labute approximate surface area is 129 Å². The number of hydrogen-bond donors (Lipinski definition) is 3. The Balaban J connectivity index is 1.90. The highest BCUT2D eigenvalue weighted by atomic mass is 16.2. The second kappa shape index (κ2) is 6.33. The standard InChI is InChI=1S/C14H22N4O4/c1-3-9(2)15-12(21)16-10(19)8-18-11(20)14(17-13(18)22)6-4-5-7-14/h9H,3-8H2,1-2H3,(H,17,22)(H2,15,16,19,21)/t9-/m0/s1. The van der Waals surface area contributed by atoms with Crippen LogP contribution < -0.4 is 16.0 Å². The Bertz CT molecular complexity index is 499. The van der Waals surface area contributed by atoms with Crippen LogP contribution in [0.15, 0.2) is 0 Å². The van der Waals surface area contributed by atoms with Crippen LogP contribution in [0.4, 0.5) is 9.59 Å². The van der Waals surface area contributed by atoms with E-state index in [9.17, 15) is 19.2 Å². The molecule has 0 aromatic carbocycles. The third kappa shape index (κ3) is 3.20. The van der Waals surface area contributed by atoms with E-state index in [1.165, 1.54) is 0 Å². The first-order valence-electron chi connectivity index (χ1n) is 7.62. The number of rotatable bonds is 4. The van der Waals surface area contributed by atoms with Gasteiger partial charge < -0.3 is 10.6 Å². The Morgan fingerprint density at radius 2 is 1.95 bits per heavy atom. The Hall–Kier alpha value is -2.12. The molecule has 0 radical (unpaired) electrons. The SMILES string of the molecule is CC[C@H](C)NC(=O)NC(=O)CN1C(=O)NC2(CCCC2)C1=O. The lowest BCUT2D eigenvalue weighted by molar-refractivity contribution is -0.134. The molecule has 0 unspecified atom stereocenters. The average molecular weight is 310 g/mol. The van der Waals surface area contributed by atoms with Gasteiger partial charge in [0.2, 0.25) is 5.91 Å². The maximum Gasteiger partial charge on any atom is 0.325 e. The van der Waals surface area contributed by atoms with Crippen molar-refractivity contribution in [2.45, 2.75) is 57.5 Å². The Morgan fingerprint density at radius 1 is 1.32 bits per heavy atom. The molecule has 2 rings (SSSR count). The van der Waals surface area contributed by atoms with E-state index < -0.39 is 30.1 Å². The summed E-state index contributed by atoms with van der Waals surface area (Å²) in [6, 6.07) is -1.25. The molecule has 0 aromatic rings. The molecule has 1 aliphatic carbocycles.